The van der Waals surface area contributed by atoms with E-state index in [0.717, 1.165) is 6.42 Å². The third kappa shape index (κ3) is 1.47. The molecule has 2 nitrogen and oxygen atoms in total. The van der Waals surface area contributed by atoms with Gasteiger partial charge in [0.1, 0.15) is 0 Å². The number of primary amides is 1. The molecule has 2 N–H and O–H groups in total. The normalized spacial score (nSPS) is 32.1. The number of hydrogen-bond acceptors (Lipinski definition) is 1. The topological polar surface area (TPSA) is 43.1 Å². The highest BCUT2D eigenvalue weighted by Gasteiger charge is 2.60. The number of amides is 1. The van der Waals surface area contributed by atoms with Gasteiger partial charge in [-0.15, -0.1) is 0 Å². The molecule has 1 amide bonds. The Balaban J connectivity index is 2.54. The van der Waals surface area contributed by atoms with Crippen molar-refractivity contribution in [1.29, 1.82) is 0 Å². The van der Waals surface area contributed by atoms with Crippen molar-refractivity contribution in [3.63, 3.8) is 0 Å². The fourth-order valence-electron chi connectivity index (χ4n) is 2.26. The zero-order chi connectivity index (χ0) is 9.52. The maximum absolute atomic E-state index is 11.0. The molecule has 2 atom stereocenters. The minimum atomic E-state index is -0.120. The van der Waals surface area contributed by atoms with Gasteiger partial charge in [0.25, 0.3) is 0 Å². The van der Waals surface area contributed by atoms with Gasteiger partial charge in [-0.3, -0.25) is 4.79 Å². The third-order valence-corrected chi connectivity index (χ3v) is 3.08. The second kappa shape index (κ2) is 2.75. The second-order valence-electron chi connectivity index (χ2n) is 4.94. The van der Waals surface area contributed by atoms with Crippen LogP contribution in [0.5, 0.6) is 0 Å². The van der Waals surface area contributed by atoms with E-state index in [1.165, 1.54) is 0 Å². The molecular weight excluding hydrogens is 150 g/mol. The van der Waals surface area contributed by atoms with E-state index in [1.54, 1.807) is 0 Å². The Bertz CT molecular complexity index is 196. The molecule has 0 spiro atoms. The maximum Gasteiger partial charge on any atom is 0.221 e. The van der Waals surface area contributed by atoms with Gasteiger partial charge in [0.05, 0.1) is 0 Å². The average Bonchev–Trinajstić information content (AvgIpc) is 2.32. The minimum absolute atomic E-state index is 0.120. The molecule has 0 heterocycles. The first kappa shape index (κ1) is 9.56. The summed E-state index contributed by atoms with van der Waals surface area (Å²) in [5, 5.41) is 0. The SMILES string of the molecule is CC(C)CC1C(C(N)=O)C1(C)C. The molecule has 1 aliphatic carbocycles. The standard InChI is InChI=1S/C10H19NO/c1-6(2)5-7-8(9(11)12)10(7,3)4/h6-8H,5H2,1-4H3,(H2,11,12). The lowest BCUT2D eigenvalue weighted by atomic mass is 10.0. The van der Waals surface area contributed by atoms with Crippen molar-refractivity contribution >= 4 is 5.91 Å². The first-order chi connectivity index (χ1) is 5.37. The van der Waals surface area contributed by atoms with Crippen LogP contribution in [-0.2, 0) is 4.79 Å². The van der Waals surface area contributed by atoms with E-state index in [0.29, 0.717) is 11.8 Å². The summed E-state index contributed by atoms with van der Waals surface area (Å²) >= 11 is 0. The number of nitrogens with two attached hydrogens (primary N) is 1. The molecule has 70 valence electrons. The highest BCUT2D eigenvalue weighted by Crippen LogP contribution is 2.60. The average molecular weight is 169 g/mol. The number of hydrogen-bond donors (Lipinski definition) is 1. The van der Waals surface area contributed by atoms with Crippen LogP contribution in [0.4, 0.5) is 0 Å². The van der Waals surface area contributed by atoms with Crippen LogP contribution in [-0.4, -0.2) is 5.91 Å². The molecular formula is C10H19NO. The van der Waals surface area contributed by atoms with Gasteiger partial charge in [-0.1, -0.05) is 27.7 Å². The molecule has 1 saturated carbocycles. The summed E-state index contributed by atoms with van der Waals surface area (Å²) in [5.41, 5.74) is 5.46. The molecule has 0 aliphatic heterocycles. The molecule has 2 unspecified atom stereocenters. The smallest absolute Gasteiger partial charge is 0.221 e. The van der Waals surface area contributed by atoms with Crippen LogP contribution >= 0.6 is 0 Å². The van der Waals surface area contributed by atoms with E-state index in [9.17, 15) is 4.79 Å². The highest BCUT2D eigenvalue weighted by molar-refractivity contribution is 5.81. The van der Waals surface area contributed by atoms with E-state index in [1.807, 2.05) is 0 Å². The summed E-state index contributed by atoms with van der Waals surface area (Å²) in [7, 11) is 0. The Labute approximate surface area is 74.5 Å². The molecule has 0 saturated heterocycles. The fraction of sp³-hybridized carbons (Fsp3) is 0.900. The summed E-state index contributed by atoms with van der Waals surface area (Å²) < 4.78 is 0. The minimum Gasteiger partial charge on any atom is -0.369 e. The molecule has 12 heavy (non-hydrogen) atoms. The predicted octanol–water partition coefficient (Wildman–Crippen LogP) is 1.79. The molecule has 0 aromatic rings. The number of rotatable bonds is 3. The van der Waals surface area contributed by atoms with E-state index in [-0.39, 0.29) is 17.2 Å². The third-order valence-electron chi connectivity index (χ3n) is 3.08. The van der Waals surface area contributed by atoms with Crippen LogP contribution in [0.3, 0.4) is 0 Å². The van der Waals surface area contributed by atoms with Crippen LogP contribution in [0.1, 0.15) is 34.1 Å². The number of carbonyl (C=O) groups excluding carboxylic acids is 1. The van der Waals surface area contributed by atoms with Crippen LogP contribution in [0, 0.1) is 23.2 Å². The monoisotopic (exact) mass is 169 g/mol. The Kier molecular flexibility index (Phi) is 2.19. The van der Waals surface area contributed by atoms with Crippen LogP contribution in [0.15, 0.2) is 0 Å². The molecule has 0 bridgehead atoms. The second-order valence-corrected chi connectivity index (χ2v) is 4.94. The van der Waals surface area contributed by atoms with Gasteiger partial charge >= 0.3 is 0 Å². The largest absolute Gasteiger partial charge is 0.369 e. The first-order valence-corrected chi connectivity index (χ1v) is 4.66. The maximum atomic E-state index is 11.0. The summed E-state index contributed by atoms with van der Waals surface area (Å²) in [6.45, 7) is 8.64. The van der Waals surface area contributed by atoms with E-state index in [2.05, 4.69) is 27.7 Å². The molecule has 1 fully saturated rings. The Morgan fingerprint density at radius 2 is 2.00 bits per heavy atom. The van der Waals surface area contributed by atoms with Crippen LogP contribution < -0.4 is 5.73 Å². The molecule has 1 rings (SSSR count). The summed E-state index contributed by atoms with van der Waals surface area (Å²) in [6.07, 6.45) is 1.13. The Hall–Kier alpha value is -0.530. The lowest BCUT2D eigenvalue weighted by molar-refractivity contribution is -0.120. The van der Waals surface area contributed by atoms with Gasteiger partial charge in [0, 0.05) is 5.92 Å². The summed E-state index contributed by atoms with van der Waals surface area (Å²) in [5.74, 6) is 1.19. The van der Waals surface area contributed by atoms with Gasteiger partial charge in [0.15, 0.2) is 0 Å². The molecule has 0 aromatic carbocycles. The van der Waals surface area contributed by atoms with E-state index in [4.69, 9.17) is 5.73 Å². The zero-order valence-corrected chi connectivity index (χ0v) is 8.42. The van der Waals surface area contributed by atoms with Gasteiger partial charge in [-0.25, -0.2) is 0 Å². The van der Waals surface area contributed by atoms with Crippen molar-refractivity contribution in [2.45, 2.75) is 34.1 Å². The fourth-order valence-corrected chi connectivity index (χ4v) is 2.26. The summed E-state index contributed by atoms with van der Waals surface area (Å²) in [4.78, 5) is 11.0. The van der Waals surface area contributed by atoms with Gasteiger partial charge in [0.2, 0.25) is 5.91 Å². The van der Waals surface area contributed by atoms with Crippen LogP contribution in [0.25, 0.3) is 0 Å². The van der Waals surface area contributed by atoms with Crippen molar-refractivity contribution in [2.24, 2.45) is 28.9 Å². The van der Waals surface area contributed by atoms with Crippen molar-refractivity contribution in [3.8, 4) is 0 Å². The Morgan fingerprint density at radius 3 is 2.25 bits per heavy atom. The molecule has 0 radical (unpaired) electrons. The van der Waals surface area contributed by atoms with Crippen LogP contribution in [0.2, 0.25) is 0 Å². The van der Waals surface area contributed by atoms with Crippen molar-refractivity contribution in [1.82, 2.24) is 0 Å². The van der Waals surface area contributed by atoms with Gasteiger partial charge in [-0.2, -0.15) is 0 Å². The zero-order valence-electron chi connectivity index (χ0n) is 8.42. The highest BCUT2D eigenvalue weighted by atomic mass is 16.1. The number of carbonyl (C=O) groups is 1. The quantitative estimate of drug-likeness (QED) is 0.687. The van der Waals surface area contributed by atoms with Crippen molar-refractivity contribution in [2.75, 3.05) is 0 Å². The predicted molar refractivity (Wildman–Crippen MR) is 49.4 cm³/mol. The molecule has 2 heteroatoms. The molecule has 1 aliphatic rings. The molecule has 0 aromatic heterocycles. The van der Waals surface area contributed by atoms with E-state index >= 15 is 0 Å². The van der Waals surface area contributed by atoms with Crippen molar-refractivity contribution < 1.29 is 4.79 Å². The summed E-state index contributed by atoms with van der Waals surface area (Å²) in [6, 6.07) is 0. The van der Waals surface area contributed by atoms with E-state index < -0.39 is 0 Å². The first-order valence-electron chi connectivity index (χ1n) is 4.66. The van der Waals surface area contributed by atoms with Gasteiger partial charge < -0.3 is 5.73 Å². The van der Waals surface area contributed by atoms with Crippen molar-refractivity contribution in [3.05, 3.63) is 0 Å². The van der Waals surface area contributed by atoms with Gasteiger partial charge in [-0.05, 0) is 23.7 Å². The lowest BCUT2D eigenvalue weighted by Crippen LogP contribution is -2.16. The Morgan fingerprint density at radius 1 is 1.50 bits per heavy atom. The lowest BCUT2D eigenvalue weighted by Gasteiger charge is -2.04.